The second kappa shape index (κ2) is 3.67. The molecule has 0 saturated heterocycles. The quantitative estimate of drug-likeness (QED) is 0.894. The second-order valence-electron chi connectivity index (χ2n) is 5.34. The van der Waals surface area contributed by atoms with Crippen molar-refractivity contribution >= 4 is 5.69 Å². The second-order valence-corrected chi connectivity index (χ2v) is 5.34. The summed E-state index contributed by atoms with van der Waals surface area (Å²) in [5.41, 5.74) is 7.58. The summed E-state index contributed by atoms with van der Waals surface area (Å²) in [5, 5.41) is 0. The van der Waals surface area contributed by atoms with E-state index >= 15 is 0 Å². The number of hydrogen-bond donors (Lipinski definition) is 1. The number of rotatable bonds is 3. The average Bonchev–Trinajstić information content (AvgIpc) is 2.75. The van der Waals surface area contributed by atoms with Crippen molar-refractivity contribution < 1.29 is 8.78 Å². The number of nitrogens with zero attached hydrogens (tertiary/aromatic N) is 1. The molecule has 18 heavy (non-hydrogen) atoms. The Bertz CT molecular complexity index is 487. The Hall–Kier alpha value is -1.16. The molecule has 0 radical (unpaired) electrons. The minimum absolute atomic E-state index is 0.0241. The summed E-state index contributed by atoms with van der Waals surface area (Å²) in [7, 11) is 0. The fraction of sp³-hybridized carbons (Fsp3) is 0.571. The monoisotopic (exact) mass is 252 g/mol. The predicted octanol–water partition coefficient (Wildman–Crippen LogP) is 2.30. The highest BCUT2D eigenvalue weighted by Crippen LogP contribution is 2.61. The summed E-state index contributed by atoms with van der Waals surface area (Å²) in [6.07, 6.45) is 0.843. The van der Waals surface area contributed by atoms with Crippen LogP contribution in [0.15, 0.2) is 18.2 Å². The average molecular weight is 252 g/mol. The maximum Gasteiger partial charge on any atom is 0.260 e. The summed E-state index contributed by atoms with van der Waals surface area (Å²) in [6.45, 7) is 4.08. The van der Waals surface area contributed by atoms with Crippen molar-refractivity contribution in [1.29, 1.82) is 0 Å². The van der Waals surface area contributed by atoms with E-state index in [1.165, 1.54) is 11.3 Å². The normalized spacial score (nSPS) is 28.3. The van der Waals surface area contributed by atoms with Gasteiger partial charge in [-0.3, -0.25) is 0 Å². The Morgan fingerprint density at radius 1 is 1.39 bits per heavy atom. The van der Waals surface area contributed by atoms with E-state index in [1.807, 2.05) is 18.2 Å². The first-order chi connectivity index (χ1) is 8.54. The Kier molecular flexibility index (Phi) is 2.43. The largest absolute Gasteiger partial charge is 0.371 e. The van der Waals surface area contributed by atoms with Crippen molar-refractivity contribution in [2.45, 2.75) is 31.1 Å². The van der Waals surface area contributed by atoms with Gasteiger partial charge < -0.3 is 10.6 Å². The maximum atomic E-state index is 13.5. The molecule has 0 aromatic heterocycles. The summed E-state index contributed by atoms with van der Waals surface area (Å²) in [5.74, 6) is -2.63. The van der Waals surface area contributed by atoms with Crippen molar-refractivity contribution in [2.75, 3.05) is 24.5 Å². The molecule has 0 bridgehead atoms. The van der Waals surface area contributed by atoms with Crippen LogP contribution < -0.4 is 10.6 Å². The number of benzene rings is 1. The van der Waals surface area contributed by atoms with Crippen LogP contribution in [0.5, 0.6) is 0 Å². The van der Waals surface area contributed by atoms with Gasteiger partial charge in [0.05, 0.1) is 5.41 Å². The molecule has 4 heteroatoms. The number of alkyl halides is 2. The highest BCUT2D eigenvalue weighted by Gasteiger charge is 2.71. The SMILES string of the molecule is CCN1CCc2cc(C3(CN)CC3(F)F)ccc21. The van der Waals surface area contributed by atoms with Crippen LogP contribution >= 0.6 is 0 Å². The molecule has 1 heterocycles. The minimum Gasteiger partial charge on any atom is -0.371 e. The third-order valence-corrected chi connectivity index (χ3v) is 4.45. The van der Waals surface area contributed by atoms with Gasteiger partial charge in [-0.2, -0.15) is 0 Å². The van der Waals surface area contributed by atoms with Crippen LogP contribution in [0.25, 0.3) is 0 Å². The van der Waals surface area contributed by atoms with Gasteiger partial charge in [0.1, 0.15) is 0 Å². The van der Waals surface area contributed by atoms with Crippen molar-refractivity contribution in [3.8, 4) is 0 Å². The lowest BCUT2D eigenvalue weighted by Crippen LogP contribution is -2.27. The van der Waals surface area contributed by atoms with E-state index < -0.39 is 11.3 Å². The van der Waals surface area contributed by atoms with Crippen LogP contribution in [0.1, 0.15) is 24.5 Å². The van der Waals surface area contributed by atoms with Crippen molar-refractivity contribution in [1.82, 2.24) is 0 Å². The van der Waals surface area contributed by atoms with Gasteiger partial charge >= 0.3 is 0 Å². The molecule has 3 rings (SSSR count). The Morgan fingerprint density at radius 3 is 2.67 bits per heavy atom. The number of likely N-dealkylation sites (N-methyl/N-ethyl adjacent to an activating group) is 1. The van der Waals surface area contributed by atoms with Gasteiger partial charge in [-0.1, -0.05) is 12.1 Å². The molecule has 1 aromatic rings. The molecule has 1 atom stereocenters. The van der Waals surface area contributed by atoms with Gasteiger partial charge in [0.25, 0.3) is 5.92 Å². The van der Waals surface area contributed by atoms with E-state index in [2.05, 4.69) is 11.8 Å². The van der Waals surface area contributed by atoms with Gasteiger partial charge in [-0.05, 0) is 30.5 Å². The smallest absolute Gasteiger partial charge is 0.260 e. The van der Waals surface area contributed by atoms with Crippen LogP contribution in [-0.4, -0.2) is 25.6 Å². The molecule has 2 nitrogen and oxygen atoms in total. The molecule has 1 saturated carbocycles. The molecule has 2 aliphatic rings. The van der Waals surface area contributed by atoms with Crippen LogP contribution in [-0.2, 0) is 11.8 Å². The van der Waals surface area contributed by atoms with Gasteiger partial charge in [0.15, 0.2) is 0 Å². The number of hydrogen-bond acceptors (Lipinski definition) is 2. The molecule has 98 valence electrons. The lowest BCUT2D eigenvalue weighted by atomic mass is 9.93. The topological polar surface area (TPSA) is 29.3 Å². The summed E-state index contributed by atoms with van der Waals surface area (Å²) in [6, 6.07) is 5.76. The first kappa shape index (κ1) is 11.9. The van der Waals surface area contributed by atoms with Crippen LogP contribution in [0.4, 0.5) is 14.5 Å². The molecular formula is C14H18F2N2. The lowest BCUT2D eigenvalue weighted by Gasteiger charge is -2.19. The molecule has 1 unspecified atom stereocenters. The third kappa shape index (κ3) is 1.41. The predicted molar refractivity (Wildman–Crippen MR) is 68.3 cm³/mol. The van der Waals surface area contributed by atoms with Crippen LogP contribution in [0, 0.1) is 0 Å². The maximum absolute atomic E-state index is 13.5. The number of anilines is 1. The number of nitrogens with two attached hydrogens (primary N) is 1. The highest BCUT2D eigenvalue weighted by atomic mass is 19.3. The van der Waals surface area contributed by atoms with Gasteiger partial charge in [0.2, 0.25) is 0 Å². The molecule has 0 amide bonds. The molecule has 1 fully saturated rings. The fourth-order valence-corrected chi connectivity index (χ4v) is 3.08. The molecule has 0 spiro atoms. The number of fused-ring (bicyclic) bond motifs is 1. The highest BCUT2D eigenvalue weighted by molar-refractivity contribution is 5.60. The first-order valence-electron chi connectivity index (χ1n) is 6.50. The zero-order valence-corrected chi connectivity index (χ0v) is 10.5. The zero-order valence-electron chi connectivity index (χ0n) is 10.5. The van der Waals surface area contributed by atoms with Crippen molar-refractivity contribution in [3.63, 3.8) is 0 Å². The third-order valence-electron chi connectivity index (χ3n) is 4.45. The minimum atomic E-state index is -2.63. The van der Waals surface area contributed by atoms with Crippen LogP contribution in [0.2, 0.25) is 0 Å². The zero-order chi connectivity index (χ0) is 13.0. The molecule has 1 aliphatic heterocycles. The van der Waals surface area contributed by atoms with Crippen molar-refractivity contribution in [3.05, 3.63) is 29.3 Å². The Morgan fingerprint density at radius 2 is 2.11 bits per heavy atom. The summed E-state index contributed by atoms with van der Waals surface area (Å²) >= 11 is 0. The standard InChI is InChI=1S/C14H18F2N2/c1-2-18-6-5-10-7-11(3-4-12(10)18)13(9-17)8-14(13,15)16/h3-4,7H,2,5-6,8-9,17H2,1H3. The number of halogens is 2. The first-order valence-corrected chi connectivity index (χ1v) is 6.50. The van der Waals surface area contributed by atoms with E-state index in [9.17, 15) is 8.78 Å². The Labute approximate surface area is 106 Å². The van der Waals surface area contributed by atoms with E-state index in [-0.39, 0.29) is 13.0 Å². The summed E-state index contributed by atoms with van der Waals surface area (Å²) < 4.78 is 27.1. The van der Waals surface area contributed by atoms with Gasteiger partial charge in [-0.15, -0.1) is 0 Å². The molecule has 1 aliphatic carbocycles. The van der Waals surface area contributed by atoms with E-state index in [1.54, 1.807) is 0 Å². The van der Waals surface area contributed by atoms with Gasteiger partial charge in [0, 0.05) is 31.7 Å². The Balaban J connectivity index is 1.98. The molecular weight excluding hydrogens is 234 g/mol. The fourth-order valence-electron chi connectivity index (χ4n) is 3.08. The molecule has 1 aromatic carbocycles. The summed E-state index contributed by atoms with van der Waals surface area (Å²) in [4.78, 5) is 2.28. The van der Waals surface area contributed by atoms with Crippen molar-refractivity contribution in [2.24, 2.45) is 5.73 Å². The van der Waals surface area contributed by atoms with E-state index in [0.717, 1.165) is 19.5 Å². The molecule has 2 N–H and O–H groups in total. The van der Waals surface area contributed by atoms with E-state index in [4.69, 9.17) is 5.73 Å². The van der Waals surface area contributed by atoms with Crippen LogP contribution in [0.3, 0.4) is 0 Å². The van der Waals surface area contributed by atoms with Gasteiger partial charge in [-0.25, -0.2) is 8.78 Å². The van der Waals surface area contributed by atoms with E-state index in [0.29, 0.717) is 5.56 Å². The lowest BCUT2D eigenvalue weighted by molar-refractivity contribution is 0.0896.